The average molecular weight is 344 g/mol. The predicted molar refractivity (Wildman–Crippen MR) is 89.1 cm³/mol. The van der Waals surface area contributed by atoms with Crippen LogP contribution >= 0.6 is 0 Å². The zero-order valence-corrected chi connectivity index (χ0v) is 13.0. The minimum Gasteiger partial charge on any atom is -0.493 e. The normalized spacial score (nSPS) is 12.2. The van der Waals surface area contributed by atoms with Gasteiger partial charge in [-0.05, 0) is 47.2 Å². The minimum absolute atomic E-state index is 0.229. The first-order valence-electron chi connectivity index (χ1n) is 7.43. The van der Waals surface area contributed by atoms with Crippen molar-refractivity contribution in [2.75, 3.05) is 7.11 Å². The summed E-state index contributed by atoms with van der Waals surface area (Å²) in [7, 11) is 1.47. The fourth-order valence-electron chi connectivity index (χ4n) is 2.93. The first-order chi connectivity index (χ1) is 11.9. The number of para-hydroxylation sites is 1. The molecule has 0 saturated carbocycles. The highest BCUT2D eigenvalue weighted by Gasteiger charge is 2.30. The fraction of sp³-hybridized carbons (Fsp3) is 0.105. The lowest BCUT2D eigenvalue weighted by Gasteiger charge is -2.09. The smallest absolute Gasteiger partial charge is 0.416 e. The number of methoxy groups -OCH3 is 1. The van der Waals surface area contributed by atoms with Gasteiger partial charge in [-0.15, -0.1) is 0 Å². The molecule has 0 unspecified atom stereocenters. The maximum Gasteiger partial charge on any atom is 0.416 e. The molecule has 0 aliphatic rings. The van der Waals surface area contributed by atoms with Crippen LogP contribution in [0, 0.1) is 0 Å². The number of benzene rings is 3. The van der Waals surface area contributed by atoms with E-state index in [2.05, 4.69) is 0 Å². The summed E-state index contributed by atoms with van der Waals surface area (Å²) in [4.78, 5) is 12.7. The maximum atomic E-state index is 12.9. The summed E-state index contributed by atoms with van der Waals surface area (Å²) in [5, 5.41) is 1.43. The Morgan fingerprint density at radius 2 is 1.76 bits per heavy atom. The Morgan fingerprint density at radius 3 is 2.48 bits per heavy atom. The average Bonchev–Trinajstić information content (AvgIpc) is 2.59. The van der Waals surface area contributed by atoms with Crippen LogP contribution in [0.2, 0.25) is 0 Å². The summed E-state index contributed by atoms with van der Waals surface area (Å²) in [5.74, 6) is 0.420. The molecule has 0 saturated heterocycles. The van der Waals surface area contributed by atoms with Crippen molar-refractivity contribution in [3.63, 3.8) is 0 Å². The van der Waals surface area contributed by atoms with Gasteiger partial charge in [0.25, 0.3) is 0 Å². The molecule has 0 spiro atoms. The van der Waals surface area contributed by atoms with E-state index in [1.54, 1.807) is 24.3 Å². The van der Waals surface area contributed by atoms with Crippen LogP contribution in [0.15, 0.2) is 57.7 Å². The zero-order valence-electron chi connectivity index (χ0n) is 13.0. The van der Waals surface area contributed by atoms with Crippen molar-refractivity contribution in [3.8, 4) is 5.75 Å². The van der Waals surface area contributed by atoms with Crippen LogP contribution < -0.4 is 10.2 Å². The van der Waals surface area contributed by atoms with E-state index in [1.807, 2.05) is 0 Å². The lowest BCUT2D eigenvalue weighted by atomic mass is 10.0. The van der Waals surface area contributed by atoms with E-state index in [4.69, 9.17) is 9.15 Å². The maximum absolute atomic E-state index is 12.9. The Hall–Kier alpha value is -3.02. The lowest BCUT2D eigenvalue weighted by Crippen LogP contribution is -2.05. The summed E-state index contributed by atoms with van der Waals surface area (Å²) in [6, 6.07) is 11.3. The molecular weight excluding hydrogens is 333 g/mol. The van der Waals surface area contributed by atoms with E-state index in [9.17, 15) is 18.0 Å². The quantitative estimate of drug-likeness (QED) is 0.450. The second-order valence-electron chi connectivity index (χ2n) is 5.68. The van der Waals surface area contributed by atoms with Crippen LogP contribution in [0.4, 0.5) is 13.2 Å². The van der Waals surface area contributed by atoms with E-state index < -0.39 is 11.7 Å². The number of rotatable bonds is 1. The zero-order chi connectivity index (χ0) is 17.8. The third kappa shape index (κ3) is 2.41. The predicted octanol–water partition coefficient (Wildman–Crippen LogP) is 5.13. The summed E-state index contributed by atoms with van der Waals surface area (Å²) >= 11 is 0. The molecule has 1 heterocycles. The standard InChI is InChI=1S/C19H11F3O3/c1-24-15-4-2-3-13-17(23)14-8-11-7-12(19(20,21)22)6-5-10(11)9-16(14)25-18(13)15/h2-9H,1H3. The molecule has 0 amide bonds. The molecule has 0 aliphatic carbocycles. The molecule has 4 aromatic rings. The monoisotopic (exact) mass is 344 g/mol. The van der Waals surface area contributed by atoms with Gasteiger partial charge in [0.05, 0.1) is 23.4 Å². The summed E-state index contributed by atoms with van der Waals surface area (Å²) in [6.45, 7) is 0. The molecule has 0 radical (unpaired) electrons. The molecule has 0 fully saturated rings. The number of fused-ring (bicyclic) bond motifs is 3. The SMILES string of the molecule is COc1cccc2c(=O)c3cc4cc(C(F)(F)F)ccc4cc3oc12. The van der Waals surface area contributed by atoms with Gasteiger partial charge >= 0.3 is 6.18 Å². The topological polar surface area (TPSA) is 39.4 Å². The number of hydrogen-bond donors (Lipinski definition) is 0. The van der Waals surface area contributed by atoms with E-state index in [1.165, 1.54) is 19.2 Å². The molecule has 126 valence electrons. The highest BCUT2D eigenvalue weighted by atomic mass is 19.4. The molecular formula is C19H11F3O3. The second-order valence-corrected chi connectivity index (χ2v) is 5.68. The van der Waals surface area contributed by atoms with E-state index >= 15 is 0 Å². The molecule has 3 nitrogen and oxygen atoms in total. The number of halogens is 3. The highest BCUT2D eigenvalue weighted by Crippen LogP contribution is 2.33. The van der Waals surface area contributed by atoms with Crippen molar-refractivity contribution in [1.29, 1.82) is 0 Å². The van der Waals surface area contributed by atoms with Gasteiger partial charge in [0.2, 0.25) is 5.43 Å². The molecule has 3 aromatic carbocycles. The largest absolute Gasteiger partial charge is 0.493 e. The molecule has 1 aromatic heterocycles. The van der Waals surface area contributed by atoms with E-state index in [0.717, 1.165) is 12.1 Å². The highest BCUT2D eigenvalue weighted by molar-refractivity contribution is 6.00. The van der Waals surface area contributed by atoms with Gasteiger partial charge in [-0.2, -0.15) is 13.2 Å². The lowest BCUT2D eigenvalue weighted by molar-refractivity contribution is -0.137. The number of alkyl halides is 3. The molecule has 6 heteroatoms. The van der Waals surface area contributed by atoms with E-state index in [-0.39, 0.29) is 10.8 Å². The van der Waals surface area contributed by atoms with Crippen molar-refractivity contribution in [2.24, 2.45) is 0 Å². The van der Waals surface area contributed by atoms with Crippen LogP contribution in [0.1, 0.15) is 5.56 Å². The third-order valence-corrected chi connectivity index (χ3v) is 4.17. The Bertz CT molecular complexity index is 1190. The molecule has 0 aliphatic heterocycles. The minimum atomic E-state index is -4.44. The van der Waals surface area contributed by atoms with E-state index in [0.29, 0.717) is 33.1 Å². The van der Waals surface area contributed by atoms with Crippen LogP contribution in [-0.4, -0.2) is 7.11 Å². The molecule has 0 atom stereocenters. The van der Waals surface area contributed by atoms with Crippen LogP contribution in [0.3, 0.4) is 0 Å². The summed E-state index contributed by atoms with van der Waals surface area (Å²) in [6.07, 6.45) is -4.44. The van der Waals surface area contributed by atoms with Gasteiger partial charge in [-0.3, -0.25) is 4.79 Å². The Labute approximate surface area is 139 Å². The van der Waals surface area contributed by atoms with Crippen LogP contribution in [0.25, 0.3) is 32.7 Å². The van der Waals surface area contributed by atoms with Crippen molar-refractivity contribution >= 4 is 32.7 Å². The second kappa shape index (κ2) is 5.24. The number of ether oxygens (including phenoxy) is 1. The first-order valence-corrected chi connectivity index (χ1v) is 7.43. The first kappa shape index (κ1) is 15.5. The fourth-order valence-corrected chi connectivity index (χ4v) is 2.93. The Kier molecular flexibility index (Phi) is 3.25. The summed E-state index contributed by atoms with van der Waals surface area (Å²) in [5.41, 5.74) is -0.455. The third-order valence-electron chi connectivity index (χ3n) is 4.17. The van der Waals surface area contributed by atoms with Crippen LogP contribution in [-0.2, 0) is 6.18 Å². The van der Waals surface area contributed by atoms with Crippen molar-refractivity contribution in [3.05, 3.63) is 64.3 Å². The van der Waals surface area contributed by atoms with Gasteiger partial charge in [0, 0.05) is 0 Å². The van der Waals surface area contributed by atoms with Crippen molar-refractivity contribution in [2.45, 2.75) is 6.18 Å². The molecule has 0 bridgehead atoms. The Balaban J connectivity index is 2.10. The van der Waals surface area contributed by atoms with Crippen molar-refractivity contribution < 1.29 is 22.3 Å². The van der Waals surface area contributed by atoms with Gasteiger partial charge in [0.1, 0.15) is 5.58 Å². The molecule has 25 heavy (non-hydrogen) atoms. The molecule has 0 N–H and O–H groups in total. The Morgan fingerprint density at radius 1 is 0.960 bits per heavy atom. The van der Waals surface area contributed by atoms with Gasteiger partial charge in [-0.25, -0.2) is 0 Å². The van der Waals surface area contributed by atoms with Crippen LogP contribution in [0.5, 0.6) is 5.75 Å². The molecule has 4 rings (SSSR count). The van der Waals surface area contributed by atoms with Crippen molar-refractivity contribution in [1.82, 2.24) is 0 Å². The summed E-state index contributed by atoms with van der Waals surface area (Å²) < 4.78 is 49.7. The van der Waals surface area contributed by atoms with Gasteiger partial charge in [0.15, 0.2) is 11.3 Å². The van der Waals surface area contributed by atoms with Gasteiger partial charge < -0.3 is 9.15 Å². The number of hydrogen-bond acceptors (Lipinski definition) is 3. The van der Waals surface area contributed by atoms with Gasteiger partial charge in [-0.1, -0.05) is 12.1 Å².